The molecule has 0 unspecified atom stereocenters. The third-order valence-electron chi connectivity index (χ3n) is 2.99. The van der Waals surface area contributed by atoms with Crippen LogP contribution in [0.5, 0.6) is 0 Å². The van der Waals surface area contributed by atoms with E-state index in [-0.39, 0.29) is 12.7 Å². The minimum atomic E-state index is -0.467. The number of rotatable bonds is 9. The quantitative estimate of drug-likeness (QED) is 0.658. The van der Waals surface area contributed by atoms with Gasteiger partial charge in [0.15, 0.2) is 0 Å². The maximum Gasteiger partial charge on any atom is 0.410 e. The number of amides is 1. The van der Waals surface area contributed by atoms with Crippen LogP contribution in [0.15, 0.2) is 6.20 Å². The van der Waals surface area contributed by atoms with E-state index in [9.17, 15) is 4.79 Å². The van der Waals surface area contributed by atoms with Crippen molar-refractivity contribution in [2.45, 2.75) is 52.3 Å². The molecule has 0 atom stereocenters. The lowest BCUT2D eigenvalue weighted by Crippen LogP contribution is -2.35. The van der Waals surface area contributed by atoms with Crippen molar-refractivity contribution in [1.29, 1.82) is 0 Å². The first-order chi connectivity index (χ1) is 10.8. The smallest absolute Gasteiger partial charge is 0.410 e. The minimum absolute atomic E-state index is 0.151. The third-order valence-corrected chi connectivity index (χ3v) is 2.99. The first-order valence-electron chi connectivity index (χ1n) is 7.96. The number of aliphatic hydroxyl groups is 1. The average Bonchev–Trinajstić information content (AvgIpc) is 2.90. The molecule has 0 saturated heterocycles. The topological polar surface area (TPSA) is 92.5 Å². The molecular formula is C15H29N5O3. The zero-order valence-corrected chi connectivity index (χ0v) is 14.6. The lowest BCUT2D eigenvalue weighted by Gasteiger charge is -2.24. The zero-order valence-electron chi connectivity index (χ0n) is 14.6. The number of nitrogens with one attached hydrogen (secondary N) is 1. The molecule has 0 spiro atoms. The van der Waals surface area contributed by atoms with E-state index >= 15 is 0 Å². The van der Waals surface area contributed by atoms with E-state index < -0.39 is 5.60 Å². The van der Waals surface area contributed by atoms with Crippen molar-refractivity contribution < 1.29 is 14.6 Å². The molecule has 1 aromatic rings. The molecule has 1 heterocycles. The van der Waals surface area contributed by atoms with Crippen LogP contribution in [0.2, 0.25) is 0 Å². The standard InChI is InChI=1S/C15H29N5O3/c1-15(2,3)23-14(22)19(4)8-5-7-16-11-13-12-20(18-17-13)9-6-10-21/h12,16,21H,5-11H2,1-4H3. The molecule has 0 aliphatic rings. The molecule has 0 aliphatic carbocycles. The van der Waals surface area contributed by atoms with Crippen LogP contribution in [0, 0.1) is 0 Å². The Morgan fingerprint density at radius 1 is 1.43 bits per heavy atom. The molecule has 0 fully saturated rings. The Morgan fingerprint density at radius 3 is 2.83 bits per heavy atom. The summed E-state index contributed by atoms with van der Waals surface area (Å²) in [4.78, 5) is 13.4. The molecule has 0 bridgehead atoms. The average molecular weight is 327 g/mol. The van der Waals surface area contributed by atoms with Crippen LogP contribution in [0.3, 0.4) is 0 Å². The lowest BCUT2D eigenvalue weighted by molar-refractivity contribution is 0.0297. The van der Waals surface area contributed by atoms with Crippen LogP contribution >= 0.6 is 0 Å². The van der Waals surface area contributed by atoms with Crippen molar-refractivity contribution in [3.8, 4) is 0 Å². The molecule has 0 aliphatic heterocycles. The van der Waals surface area contributed by atoms with Gasteiger partial charge in [-0.2, -0.15) is 0 Å². The molecule has 0 saturated carbocycles. The Bertz CT molecular complexity index is 470. The molecular weight excluding hydrogens is 298 g/mol. The van der Waals surface area contributed by atoms with Gasteiger partial charge in [-0.3, -0.25) is 4.68 Å². The Labute approximate surface area is 137 Å². The molecule has 8 nitrogen and oxygen atoms in total. The molecule has 2 N–H and O–H groups in total. The number of hydrogen-bond acceptors (Lipinski definition) is 6. The summed E-state index contributed by atoms with van der Waals surface area (Å²) < 4.78 is 7.01. The van der Waals surface area contributed by atoms with E-state index in [0.29, 0.717) is 26.1 Å². The van der Waals surface area contributed by atoms with Gasteiger partial charge in [-0.1, -0.05) is 5.21 Å². The first kappa shape index (κ1) is 19.4. The Balaban J connectivity index is 2.15. The fourth-order valence-electron chi connectivity index (χ4n) is 1.85. The molecule has 1 rings (SSSR count). The monoisotopic (exact) mass is 327 g/mol. The Kier molecular flexibility index (Phi) is 7.97. The van der Waals surface area contributed by atoms with Gasteiger partial charge in [0.2, 0.25) is 0 Å². The molecule has 1 aromatic heterocycles. The Hall–Kier alpha value is -1.67. The predicted octanol–water partition coefficient (Wildman–Crippen LogP) is 1.01. The van der Waals surface area contributed by atoms with Gasteiger partial charge in [0.25, 0.3) is 0 Å². The first-order valence-corrected chi connectivity index (χ1v) is 7.96. The summed E-state index contributed by atoms with van der Waals surface area (Å²) in [5.41, 5.74) is 0.397. The SMILES string of the molecule is CN(CCCNCc1cn(CCCO)nn1)C(=O)OC(C)(C)C. The number of aryl methyl sites for hydroxylation is 1. The third kappa shape index (κ3) is 8.51. The van der Waals surface area contributed by atoms with Crippen molar-refractivity contribution in [1.82, 2.24) is 25.2 Å². The van der Waals surface area contributed by atoms with Crippen molar-refractivity contribution in [2.75, 3.05) is 26.7 Å². The number of aliphatic hydroxyl groups excluding tert-OH is 1. The number of nitrogens with zero attached hydrogens (tertiary/aromatic N) is 4. The summed E-state index contributed by atoms with van der Waals surface area (Å²) in [7, 11) is 1.74. The van der Waals surface area contributed by atoms with Gasteiger partial charge in [0, 0.05) is 39.5 Å². The van der Waals surface area contributed by atoms with Gasteiger partial charge >= 0.3 is 6.09 Å². The van der Waals surface area contributed by atoms with Crippen molar-refractivity contribution in [3.05, 3.63) is 11.9 Å². The molecule has 0 radical (unpaired) electrons. The van der Waals surface area contributed by atoms with Gasteiger partial charge in [0.1, 0.15) is 5.60 Å². The maximum absolute atomic E-state index is 11.8. The highest BCUT2D eigenvalue weighted by Gasteiger charge is 2.18. The second kappa shape index (κ2) is 9.46. The molecule has 23 heavy (non-hydrogen) atoms. The molecule has 132 valence electrons. The van der Waals surface area contributed by atoms with E-state index in [1.54, 1.807) is 16.6 Å². The van der Waals surface area contributed by atoms with Gasteiger partial charge in [0.05, 0.1) is 5.69 Å². The zero-order chi connectivity index (χ0) is 17.3. The number of carbonyl (C=O) groups is 1. The minimum Gasteiger partial charge on any atom is -0.444 e. The van der Waals surface area contributed by atoms with Gasteiger partial charge in [-0.15, -0.1) is 5.10 Å². The summed E-state index contributed by atoms with van der Waals surface area (Å²) in [6, 6.07) is 0. The van der Waals surface area contributed by atoms with Crippen LogP contribution in [0.25, 0.3) is 0 Å². The summed E-state index contributed by atoms with van der Waals surface area (Å²) in [5, 5.41) is 20.1. The number of aromatic nitrogens is 3. The van der Waals surface area contributed by atoms with Crippen LogP contribution < -0.4 is 5.32 Å². The van der Waals surface area contributed by atoms with E-state index in [4.69, 9.17) is 9.84 Å². The van der Waals surface area contributed by atoms with Crippen molar-refractivity contribution in [3.63, 3.8) is 0 Å². The largest absolute Gasteiger partial charge is 0.444 e. The second-order valence-electron chi connectivity index (χ2n) is 6.48. The summed E-state index contributed by atoms with van der Waals surface area (Å²) in [6.07, 6.45) is 3.07. The highest BCUT2D eigenvalue weighted by Crippen LogP contribution is 2.09. The summed E-state index contributed by atoms with van der Waals surface area (Å²) in [6.45, 7) is 8.43. The van der Waals surface area contributed by atoms with Crippen molar-refractivity contribution in [2.24, 2.45) is 0 Å². The second-order valence-corrected chi connectivity index (χ2v) is 6.48. The fourth-order valence-corrected chi connectivity index (χ4v) is 1.85. The highest BCUT2D eigenvalue weighted by atomic mass is 16.6. The Morgan fingerprint density at radius 2 is 2.17 bits per heavy atom. The van der Waals surface area contributed by atoms with E-state index in [1.807, 2.05) is 27.0 Å². The number of ether oxygens (including phenoxy) is 1. The molecule has 0 aromatic carbocycles. The normalized spacial score (nSPS) is 11.5. The van der Waals surface area contributed by atoms with E-state index in [2.05, 4.69) is 15.6 Å². The maximum atomic E-state index is 11.8. The van der Waals surface area contributed by atoms with Gasteiger partial charge in [-0.25, -0.2) is 4.79 Å². The molecule has 1 amide bonds. The summed E-state index contributed by atoms with van der Waals surface area (Å²) in [5.74, 6) is 0. The predicted molar refractivity (Wildman–Crippen MR) is 86.9 cm³/mol. The van der Waals surface area contributed by atoms with Crippen molar-refractivity contribution >= 4 is 6.09 Å². The number of carbonyl (C=O) groups excluding carboxylic acids is 1. The van der Waals surface area contributed by atoms with Crippen LogP contribution in [0.4, 0.5) is 4.79 Å². The molecule has 8 heteroatoms. The summed E-state index contributed by atoms with van der Waals surface area (Å²) >= 11 is 0. The lowest BCUT2D eigenvalue weighted by atomic mass is 10.2. The van der Waals surface area contributed by atoms with Crippen LogP contribution in [-0.4, -0.2) is 63.4 Å². The number of hydrogen-bond donors (Lipinski definition) is 2. The van der Waals surface area contributed by atoms with E-state index in [1.165, 1.54) is 0 Å². The highest BCUT2D eigenvalue weighted by molar-refractivity contribution is 5.67. The van der Waals surface area contributed by atoms with E-state index in [0.717, 1.165) is 18.7 Å². The van der Waals surface area contributed by atoms with Gasteiger partial charge in [-0.05, 0) is 40.2 Å². The van der Waals surface area contributed by atoms with Gasteiger partial charge < -0.3 is 20.1 Å². The van der Waals surface area contributed by atoms with Crippen LogP contribution in [0.1, 0.15) is 39.3 Å². The fraction of sp³-hybridized carbons (Fsp3) is 0.800. The van der Waals surface area contributed by atoms with Crippen LogP contribution in [-0.2, 0) is 17.8 Å².